The fourth-order valence-corrected chi connectivity index (χ4v) is 3.83. The zero-order valence-electron chi connectivity index (χ0n) is 16.3. The Morgan fingerprint density at radius 2 is 2.14 bits per heavy atom. The van der Waals surface area contributed by atoms with Gasteiger partial charge in [-0.3, -0.25) is 9.39 Å². The summed E-state index contributed by atoms with van der Waals surface area (Å²) in [7, 11) is 1.84. The molecule has 1 N–H and O–H groups in total. The van der Waals surface area contributed by atoms with Gasteiger partial charge in [-0.25, -0.2) is 0 Å². The fourth-order valence-electron chi connectivity index (χ4n) is 3.83. The molecule has 0 saturated carbocycles. The van der Waals surface area contributed by atoms with E-state index >= 15 is 0 Å². The molecule has 2 aliphatic heterocycles. The summed E-state index contributed by atoms with van der Waals surface area (Å²) in [5.74, 6) is 1.93. The SMILES string of the molecule is CN=C(NCCCc1nnc2ccccn12)N1CCOC(C2CCCO2)C1.I. The molecule has 0 radical (unpaired) electrons. The minimum Gasteiger partial charge on any atom is -0.375 e. The van der Waals surface area contributed by atoms with Gasteiger partial charge in [-0.1, -0.05) is 6.07 Å². The number of fused-ring (bicyclic) bond motifs is 1. The molecule has 9 heteroatoms. The van der Waals surface area contributed by atoms with Crippen LogP contribution in [0.15, 0.2) is 29.4 Å². The number of hydrogen-bond donors (Lipinski definition) is 1. The van der Waals surface area contributed by atoms with E-state index in [0.29, 0.717) is 0 Å². The summed E-state index contributed by atoms with van der Waals surface area (Å²) in [6, 6.07) is 5.95. The van der Waals surface area contributed by atoms with E-state index in [4.69, 9.17) is 9.47 Å². The van der Waals surface area contributed by atoms with Gasteiger partial charge in [0.15, 0.2) is 11.6 Å². The van der Waals surface area contributed by atoms with Gasteiger partial charge in [0.2, 0.25) is 0 Å². The maximum atomic E-state index is 5.93. The Labute approximate surface area is 182 Å². The summed E-state index contributed by atoms with van der Waals surface area (Å²) < 4.78 is 13.8. The molecule has 2 aromatic heterocycles. The van der Waals surface area contributed by atoms with Gasteiger partial charge in [0, 0.05) is 45.9 Å². The highest BCUT2D eigenvalue weighted by molar-refractivity contribution is 14.0. The van der Waals surface area contributed by atoms with Crippen molar-refractivity contribution in [3.05, 3.63) is 30.2 Å². The van der Waals surface area contributed by atoms with Crippen molar-refractivity contribution in [2.45, 2.75) is 37.9 Å². The Hall–Kier alpha value is -1.46. The van der Waals surface area contributed by atoms with E-state index in [0.717, 1.165) is 76.0 Å². The number of aliphatic imine (C=N–C) groups is 1. The smallest absolute Gasteiger partial charge is 0.193 e. The second-order valence-corrected chi connectivity index (χ2v) is 7.03. The highest BCUT2D eigenvalue weighted by Crippen LogP contribution is 2.21. The van der Waals surface area contributed by atoms with Crippen LogP contribution in [0.4, 0.5) is 0 Å². The van der Waals surface area contributed by atoms with Crippen LogP contribution in [0, 0.1) is 0 Å². The third-order valence-corrected chi connectivity index (χ3v) is 5.23. The Morgan fingerprint density at radius 3 is 2.96 bits per heavy atom. The summed E-state index contributed by atoms with van der Waals surface area (Å²) in [6.45, 7) is 4.11. The monoisotopic (exact) mass is 500 g/mol. The number of nitrogens with zero attached hydrogens (tertiary/aromatic N) is 5. The lowest BCUT2D eigenvalue weighted by molar-refractivity contribution is -0.0816. The molecular formula is C19H29IN6O2. The van der Waals surface area contributed by atoms with E-state index in [-0.39, 0.29) is 36.2 Å². The number of ether oxygens (including phenoxy) is 2. The first kappa shape index (κ1) is 21.3. The third kappa shape index (κ3) is 4.93. The fraction of sp³-hybridized carbons (Fsp3) is 0.632. The topological polar surface area (TPSA) is 76.3 Å². The first-order chi connectivity index (χ1) is 13.3. The van der Waals surface area contributed by atoms with Crippen LogP contribution in [0.25, 0.3) is 5.65 Å². The molecule has 2 fully saturated rings. The summed E-state index contributed by atoms with van der Waals surface area (Å²) >= 11 is 0. The molecule has 154 valence electrons. The number of nitrogens with one attached hydrogen (secondary N) is 1. The number of halogens is 1. The molecule has 0 aromatic carbocycles. The molecule has 2 atom stereocenters. The van der Waals surface area contributed by atoms with Crippen molar-refractivity contribution in [3.63, 3.8) is 0 Å². The Morgan fingerprint density at radius 1 is 1.25 bits per heavy atom. The van der Waals surface area contributed by atoms with Crippen molar-refractivity contribution in [1.82, 2.24) is 24.8 Å². The van der Waals surface area contributed by atoms with Crippen molar-refractivity contribution in [2.24, 2.45) is 4.99 Å². The van der Waals surface area contributed by atoms with Crippen LogP contribution in [0.1, 0.15) is 25.1 Å². The number of aromatic nitrogens is 3. The maximum Gasteiger partial charge on any atom is 0.193 e. The van der Waals surface area contributed by atoms with Gasteiger partial charge < -0.3 is 19.7 Å². The standard InChI is InChI=1S/C19H28N6O2.HI/c1-20-19(24-11-13-27-16(14-24)15-6-5-12-26-15)21-9-4-8-18-23-22-17-7-2-3-10-25(17)18;/h2-3,7,10,15-16H,4-6,8-9,11-14H2,1H3,(H,20,21);1H. The molecule has 4 rings (SSSR count). The number of hydrogen-bond acceptors (Lipinski definition) is 5. The average molecular weight is 500 g/mol. The highest BCUT2D eigenvalue weighted by atomic mass is 127. The van der Waals surface area contributed by atoms with E-state index in [1.807, 2.05) is 35.8 Å². The van der Waals surface area contributed by atoms with E-state index in [9.17, 15) is 0 Å². The quantitative estimate of drug-likeness (QED) is 0.292. The zero-order chi connectivity index (χ0) is 18.5. The lowest BCUT2D eigenvalue weighted by Crippen LogP contribution is -2.53. The minimum absolute atomic E-state index is 0. The molecule has 0 spiro atoms. The number of morpholine rings is 1. The molecule has 2 aliphatic rings. The Kier molecular flexibility index (Phi) is 7.86. The normalized spacial score (nSPS) is 23.0. The molecule has 2 saturated heterocycles. The lowest BCUT2D eigenvalue weighted by Gasteiger charge is -2.37. The molecule has 2 unspecified atom stereocenters. The molecule has 28 heavy (non-hydrogen) atoms. The molecule has 0 bridgehead atoms. The van der Waals surface area contributed by atoms with Crippen molar-refractivity contribution in [1.29, 1.82) is 0 Å². The maximum absolute atomic E-state index is 5.93. The average Bonchev–Trinajstić information content (AvgIpc) is 3.39. The van der Waals surface area contributed by atoms with E-state index < -0.39 is 0 Å². The van der Waals surface area contributed by atoms with Crippen LogP contribution in [0.5, 0.6) is 0 Å². The van der Waals surface area contributed by atoms with E-state index in [1.165, 1.54) is 0 Å². The second kappa shape index (κ2) is 10.4. The van der Waals surface area contributed by atoms with E-state index in [2.05, 4.69) is 25.4 Å². The van der Waals surface area contributed by atoms with Crippen molar-refractivity contribution >= 4 is 35.6 Å². The van der Waals surface area contributed by atoms with Crippen LogP contribution >= 0.6 is 24.0 Å². The van der Waals surface area contributed by atoms with Crippen LogP contribution < -0.4 is 5.32 Å². The van der Waals surface area contributed by atoms with Crippen LogP contribution in [0.3, 0.4) is 0 Å². The summed E-state index contributed by atoms with van der Waals surface area (Å²) in [6.07, 6.45) is 6.45. The Bertz CT molecular complexity index is 777. The first-order valence-electron chi connectivity index (χ1n) is 9.82. The number of aryl methyl sites for hydroxylation is 1. The largest absolute Gasteiger partial charge is 0.375 e. The van der Waals surface area contributed by atoms with Crippen LogP contribution in [-0.2, 0) is 15.9 Å². The molecular weight excluding hydrogens is 471 g/mol. The molecule has 4 heterocycles. The molecule has 8 nitrogen and oxygen atoms in total. The predicted octanol–water partition coefficient (Wildman–Crippen LogP) is 1.74. The summed E-state index contributed by atoms with van der Waals surface area (Å²) in [5.41, 5.74) is 0.893. The summed E-state index contributed by atoms with van der Waals surface area (Å²) in [4.78, 5) is 6.74. The predicted molar refractivity (Wildman–Crippen MR) is 118 cm³/mol. The van der Waals surface area contributed by atoms with Crippen molar-refractivity contribution in [2.75, 3.05) is 39.9 Å². The zero-order valence-corrected chi connectivity index (χ0v) is 18.6. The highest BCUT2D eigenvalue weighted by Gasteiger charge is 2.32. The van der Waals surface area contributed by atoms with Gasteiger partial charge in [0.25, 0.3) is 0 Å². The van der Waals surface area contributed by atoms with E-state index in [1.54, 1.807) is 0 Å². The van der Waals surface area contributed by atoms with Gasteiger partial charge >= 0.3 is 0 Å². The van der Waals surface area contributed by atoms with Crippen LogP contribution in [-0.4, -0.2) is 77.6 Å². The molecule has 0 amide bonds. The first-order valence-corrected chi connectivity index (χ1v) is 9.82. The van der Waals surface area contributed by atoms with Crippen molar-refractivity contribution < 1.29 is 9.47 Å². The molecule has 2 aromatic rings. The number of guanidine groups is 1. The third-order valence-electron chi connectivity index (χ3n) is 5.23. The minimum atomic E-state index is 0. The Balaban J connectivity index is 0.00000225. The molecule has 0 aliphatic carbocycles. The second-order valence-electron chi connectivity index (χ2n) is 7.03. The summed E-state index contributed by atoms with van der Waals surface area (Å²) in [5, 5.41) is 12.0. The van der Waals surface area contributed by atoms with Crippen molar-refractivity contribution in [3.8, 4) is 0 Å². The number of pyridine rings is 1. The number of rotatable bonds is 5. The van der Waals surface area contributed by atoms with Gasteiger partial charge in [0.1, 0.15) is 11.9 Å². The van der Waals surface area contributed by atoms with Gasteiger partial charge in [-0.15, -0.1) is 34.2 Å². The van der Waals surface area contributed by atoms with Gasteiger partial charge in [-0.2, -0.15) is 0 Å². The lowest BCUT2D eigenvalue weighted by atomic mass is 10.1. The van der Waals surface area contributed by atoms with Crippen LogP contribution in [0.2, 0.25) is 0 Å². The van der Waals surface area contributed by atoms with Gasteiger partial charge in [0.05, 0.1) is 12.7 Å². The van der Waals surface area contributed by atoms with Gasteiger partial charge in [-0.05, 0) is 31.4 Å².